The Labute approximate surface area is 184 Å². The van der Waals surface area contributed by atoms with Crippen LogP contribution in [0.4, 0.5) is 0 Å². The lowest BCUT2D eigenvalue weighted by Crippen LogP contribution is -2.41. The summed E-state index contributed by atoms with van der Waals surface area (Å²) in [4.78, 5) is 6.43. The highest BCUT2D eigenvalue weighted by molar-refractivity contribution is 5.75. The van der Waals surface area contributed by atoms with Crippen LogP contribution in [0.5, 0.6) is 0 Å². The lowest BCUT2D eigenvalue weighted by molar-refractivity contribution is 0.320. The third kappa shape index (κ3) is 4.09. The smallest absolute Gasteiger partial charge is 0.229 e. The lowest BCUT2D eigenvalue weighted by Gasteiger charge is -2.23. The molecule has 3 N–H and O–H groups in total. The van der Waals surface area contributed by atoms with Crippen LogP contribution in [0, 0.1) is 5.41 Å². The second kappa shape index (κ2) is 8.25. The van der Waals surface area contributed by atoms with Crippen molar-refractivity contribution in [2.45, 2.75) is 31.8 Å². The topological polar surface area (TPSA) is 141 Å². The third-order valence-electron chi connectivity index (χ3n) is 5.66. The number of guanidine groups is 1. The quantitative estimate of drug-likeness (QED) is 0.346. The Morgan fingerprint density at radius 1 is 1.22 bits per heavy atom. The van der Waals surface area contributed by atoms with Gasteiger partial charge in [-0.05, 0) is 18.4 Å². The van der Waals surface area contributed by atoms with Crippen molar-refractivity contribution in [3.63, 3.8) is 0 Å². The van der Waals surface area contributed by atoms with Gasteiger partial charge in [0.05, 0.1) is 18.9 Å². The molecule has 0 bridgehead atoms. The van der Waals surface area contributed by atoms with Gasteiger partial charge in [0.25, 0.3) is 0 Å². The van der Waals surface area contributed by atoms with E-state index in [1.54, 1.807) is 15.6 Å². The molecule has 0 amide bonds. The predicted molar refractivity (Wildman–Crippen MR) is 116 cm³/mol. The van der Waals surface area contributed by atoms with Crippen molar-refractivity contribution in [2.75, 3.05) is 6.54 Å². The molecule has 0 aliphatic carbocycles. The number of likely N-dealkylation sites (tertiary alicyclic amines) is 1. The zero-order valence-electron chi connectivity index (χ0n) is 17.7. The maximum Gasteiger partial charge on any atom is 0.229 e. The second-order valence-electron chi connectivity index (χ2n) is 7.99. The lowest BCUT2D eigenvalue weighted by atomic mass is 10.1. The Hall–Kier alpha value is -4.02. The summed E-state index contributed by atoms with van der Waals surface area (Å²) in [5.41, 5.74) is 9.36. The summed E-state index contributed by atoms with van der Waals surface area (Å²) in [5.74, 6) is 1.22. The van der Waals surface area contributed by atoms with Crippen molar-refractivity contribution in [3.8, 4) is 22.6 Å². The minimum absolute atomic E-state index is 0.0998. The van der Waals surface area contributed by atoms with E-state index in [0.717, 1.165) is 41.8 Å². The molecule has 11 heteroatoms. The Bertz CT molecular complexity index is 1220. The maximum absolute atomic E-state index is 7.70. The molecule has 1 aliphatic heterocycles. The third-order valence-corrected chi connectivity index (χ3v) is 5.66. The molecule has 5 rings (SSSR count). The van der Waals surface area contributed by atoms with Crippen molar-refractivity contribution < 1.29 is 4.52 Å². The zero-order chi connectivity index (χ0) is 22.1. The van der Waals surface area contributed by atoms with Crippen LogP contribution in [0.2, 0.25) is 0 Å². The van der Waals surface area contributed by atoms with E-state index < -0.39 is 0 Å². The number of nitrogens with one attached hydrogen (secondary N) is 1. The van der Waals surface area contributed by atoms with E-state index in [-0.39, 0.29) is 12.0 Å². The summed E-state index contributed by atoms with van der Waals surface area (Å²) < 4.78 is 8.99. The van der Waals surface area contributed by atoms with Crippen LogP contribution in [0.1, 0.15) is 24.3 Å². The van der Waals surface area contributed by atoms with Gasteiger partial charge in [-0.25, -0.2) is 4.68 Å². The summed E-state index contributed by atoms with van der Waals surface area (Å²) in [6.45, 7) is 1.41. The van der Waals surface area contributed by atoms with Gasteiger partial charge in [0.2, 0.25) is 11.7 Å². The Morgan fingerprint density at radius 3 is 2.81 bits per heavy atom. The number of hydrogen-bond donors (Lipinski definition) is 2. The average Bonchev–Trinajstić information content (AvgIpc) is 3.56. The summed E-state index contributed by atoms with van der Waals surface area (Å²) in [7, 11) is 1.87. The maximum atomic E-state index is 7.70. The molecular formula is C21H24N10O. The summed E-state index contributed by atoms with van der Waals surface area (Å²) in [6.07, 6.45) is 8.16. The first kappa shape index (κ1) is 19.9. The van der Waals surface area contributed by atoms with E-state index in [1.165, 1.54) is 0 Å². The van der Waals surface area contributed by atoms with E-state index in [0.29, 0.717) is 24.7 Å². The van der Waals surface area contributed by atoms with Gasteiger partial charge in [-0.2, -0.15) is 10.1 Å². The first-order valence-corrected chi connectivity index (χ1v) is 10.5. The van der Waals surface area contributed by atoms with Crippen molar-refractivity contribution in [3.05, 3.63) is 54.3 Å². The zero-order valence-corrected chi connectivity index (χ0v) is 17.7. The summed E-state index contributed by atoms with van der Waals surface area (Å²) >= 11 is 0. The number of nitrogens with two attached hydrogens (primary N) is 1. The van der Waals surface area contributed by atoms with Gasteiger partial charge < -0.3 is 15.2 Å². The Kier molecular flexibility index (Phi) is 5.13. The van der Waals surface area contributed by atoms with Crippen LogP contribution in [-0.2, 0) is 20.0 Å². The van der Waals surface area contributed by atoms with E-state index in [9.17, 15) is 0 Å². The van der Waals surface area contributed by atoms with E-state index in [1.807, 2.05) is 48.6 Å². The molecule has 4 aromatic rings. The normalized spacial score (nSPS) is 16.0. The van der Waals surface area contributed by atoms with Crippen molar-refractivity contribution in [1.82, 2.24) is 39.8 Å². The molecule has 164 valence electrons. The number of aryl methyl sites for hydroxylation is 1. The molecule has 0 spiro atoms. The molecule has 1 saturated heterocycles. The van der Waals surface area contributed by atoms with Crippen LogP contribution in [-0.4, -0.2) is 58.4 Å². The number of nitrogens with zero attached hydrogens (tertiary/aromatic N) is 8. The molecular weight excluding hydrogens is 408 g/mol. The van der Waals surface area contributed by atoms with Gasteiger partial charge >= 0.3 is 0 Å². The molecule has 32 heavy (non-hydrogen) atoms. The second-order valence-corrected chi connectivity index (χ2v) is 7.99. The molecule has 11 nitrogen and oxygen atoms in total. The molecule has 1 aromatic carbocycles. The highest BCUT2D eigenvalue weighted by Crippen LogP contribution is 2.22. The molecule has 3 aromatic heterocycles. The number of aromatic nitrogens is 7. The standard InChI is InChI=1S/C21H24N10O/c1-29-12-16(10-24-29)18-13-30(28-26-18)11-14-4-6-15(7-5-14)20-25-19(32-27-20)9-17-3-2-8-31(17)21(22)23/h4-7,10,12-13,17H,2-3,8-9,11H2,1H3,(H3,22,23)/t17-/m0/s1. The molecule has 0 unspecified atom stereocenters. The summed E-state index contributed by atoms with van der Waals surface area (Å²) in [6, 6.07) is 8.12. The molecule has 0 saturated carbocycles. The Morgan fingerprint density at radius 2 is 2.06 bits per heavy atom. The molecule has 1 atom stereocenters. The van der Waals surface area contributed by atoms with Crippen LogP contribution in [0.15, 0.2) is 47.4 Å². The van der Waals surface area contributed by atoms with Crippen LogP contribution in [0.3, 0.4) is 0 Å². The number of hydrogen-bond acceptors (Lipinski definition) is 7. The largest absolute Gasteiger partial charge is 0.370 e. The van der Waals surface area contributed by atoms with E-state index >= 15 is 0 Å². The number of benzene rings is 1. The van der Waals surface area contributed by atoms with Crippen LogP contribution in [0.25, 0.3) is 22.6 Å². The van der Waals surface area contributed by atoms with Crippen LogP contribution < -0.4 is 5.73 Å². The number of rotatable bonds is 6. The minimum Gasteiger partial charge on any atom is -0.370 e. The molecule has 1 aliphatic rings. The first-order chi connectivity index (χ1) is 15.5. The fourth-order valence-electron chi connectivity index (χ4n) is 4.03. The predicted octanol–water partition coefficient (Wildman–Crippen LogP) is 1.68. The van der Waals surface area contributed by atoms with Crippen molar-refractivity contribution in [2.24, 2.45) is 12.8 Å². The fourth-order valence-corrected chi connectivity index (χ4v) is 4.03. The Balaban J connectivity index is 1.23. The first-order valence-electron chi connectivity index (χ1n) is 10.5. The van der Waals surface area contributed by atoms with E-state index in [4.69, 9.17) is 15.7 Å². The van der Waals surface area contributed by atoms with E-state index in [2.05, 4.69) is 25.6 Å². The monoisotopic (exact) mass is 432 g/mol. The van der Waals surface area contributed by atoms with Gasteiger partial charge in [0, 0.05) is 43.4 Å². The van der Waals surface area contributed by atoms with Gasteiger partial charge in [0.15, 0.2) is 5.96 Å². The molecule has 0 radical (unpaired) electrons. The highest BCUT2D eigenvalue weighted by atomic mass is 16.5. The SMILES string of the molecule is Cn1cc(-c2cn(Cc3ccc(-c4noc(C[C@@H]5CCCN5C(=N)N)n4)cc3)nn2)cn1. The fraction of sp³-hybridized carbons (Fsp3) is 0.333. The van der Waals surface area contributed by atoms with Gasteiger partial charge in [-0.3, -0.25) is 10.1 Å². The summed E-state index contributed by atoms with van der Waals surface area (Å²) in [5, 5.41) is 24.4. The minimum atomic E-state index is 0.0998. The van der Waals surface area contributed by atoms with Crippen LogP contribution >= 0.6 is 0 Å². The van der Waals surface area contributed by atoms with Gasteiger partial charge in [-0.1, -0.05) is 34.6 Å². The highest BCUT2D eigenvalue weighted by Gasteiger charge is 2.27. The van der Waals surface area contributed by atoms with Gasteiger partial charge in [-0.15, -0.1) is 5.10 Å². The van der Waals surface area contributed by atoms with Gasteiger partial charge in [0.1, 0.15) is 5.69 Å². The average molecular weight is 432 g/mol. The molecule has 1 fully saturated rings. The molecule has 4 heterocycles. The van der Waals surface area contributed by atoms with Crippen molar-refractivity contribution >= 4 is 5.96 Å². The van der Waals surface area contributed by atoms with Crippen molar-refractivity contribution in [1.29, 1.82) is 5.41 Å².